The molecule has 0 radical (unpaired) electrons. The summed E-state index contributed by atoms with van der Waals surface area (Å²) in [4.78, 5) is 78.4. The number of thiophene rings is 1. The highest BCUT2D eigenvalue weighted by Gasteiger charge is 2.38. The van der Waals surface area contributed by atoms with E-state index in [1.165, 1.54) is 12.1 Å². The molecule has 2 aromatic rings. The second-order valence-electron chi connectivity index (χ2n) is 13.6. The quantitative estimate of drug-likeness (QED) is 0.132. The first-order chi connectivity index (χ1) is 24.5. The number of carboxylic acids is 2. The smallest absolute Gasteiger partial charge is 0.306 e. The fraction of sp³-hybridized carbons (Fsp3) is 0.556. The Balaban J connectivity index is 1.76. The van der Waals surface area contributed by atoms with Crippen molar-refractivity contribution in [2.75, 3.05) is 13.1 Å². The highest BCUT2D eigenvalue weighted by Crippen LogP contribution is 2.30. The van der Waals surface area contributed by atoms with Gasteiger partial charge in [0, 0.05) is 25.2 Å². The zero-order valence-electron chi connectivity index (χ0n) is 29.7. The number of aliphatic carboxylic acids is 2. The van der Waals surface area contributed by atoms with E-state index >= 15 is 0 Å². The average molecular weight is 751 g/mol. The van der Waals surface area contributed by atoms with Gasteiger partial charge in [-0.15, -0.1) is 11.3 Å². The topological polar surface area (TPSA) is 202 Å². The number of carbonyl (C=O) groups excluding carboxylic acids is 4. The number of aliphatic hydroxyl groups is 1. The lowest BCUT2D eigenvalue weighted by Gasteiger charge is -2.33. The summed E-state index contributed by atoms with van der Waals surface area (Å²) < 4.78 is 28.1. The van der Waals surface area contributed by atoms with Gasteiger partial charge < -0.3 is 36.2 Å². The molecule has 1 aliphatic rings. The minimum Gasteiger partial charge on any atom is -0.481 e. The van der Waals surface area contributed by atoms with Crippen LogP contribution in [0.3, 0.4) is 0 Å². The second-order valence-corrected chi connectivity index (χ2v) is 14.6. The molecule has 52 heavy (non-hydrogen) atoms. The van der Waals surface area contributed by atoms with Crippen LogP contribution in [0.1, 0.15) is 91.1 Å². The van der Waals surface area contributed by atoms with E-state index in [0.717, 1.165) is 36.3 Å². The summed E-state index contributed by atoms with van der Waals surface area (Å²) in [7, 11) is 0. The van der Waals surface area contributed by atoms with Gasteiger partial charge in [-0.25, -0.2) is 8.78 Å². The van der Waals surface area contributed by atoms with E-state index in [4.69, 9.17) is 0 Å². The van der Waals surface area contributed by atoms with Crippen LogP contribution in [-0.4, -0.2) is 93.1 Å². The van der Waals surface area contributed by atoms with Crippen molar-refractivity contribution in [2.45, 2.75) is 96.9 Å². The van der Waals surface area contributed by atoms with Gasteiger partial charge in [0.25, 0.3) is 11.8 Å². The summed E-state index contributed by atoms with van der Waals surface area (Å²) in [5.41, 5.74) is 0.0883. The van der Waals surface area contributed by atoms with Crippen molar-refractivity contribution in [3.8, 4) is 0 Å². The van der Waals surface area contributed by atoms with Crippen LogP contribution < -0.4 is 16.0 Å². The fourth-order valence-corrected chi connectivity index (χ4v) is 7.20. The molecule has 0 spiro atoms. The first kappa shape index (κ1) is 42.0. The Bertz CT molecular complexity index is 1550. The van der Waals surface area contributed by atoms with Gasteiger partial charge in [0.05, 0.1) is 40.2 Å². The van der Waals surface area contributed by atoms with Crippen molar-refractivity contribution in [3.63, 3.8) is 0 Å². The number of nitrogens with zero attached hydrogens (tertiary/aromatic N) is 1. The molecule has 0 aliphatic heterocycles. The third kappa shape index (κ3) is 12.1. The van der Waals surface area contributed by atoms with Gasteiger partial charge >= 0.3 is 11.9 Å². The first-order valence-corrected chi connectivity index (χ1v) is 18.2. The fourth-order valence-electron chi connectivity index (χ4n) is 6.32. The van der Waals surface area contributed by atoms with Crippen molar-refractivity contribution in [3.05, 3.63) is 57.3 Å². The van der Waals surface area contributed by atoms with Crippen molar-refractivity contribution in [1.82, 2.24) is 20.9 Å². The molecule has 0 saturated heterocycles. The van der Waals surface area contributed by atoms with Gasteiger partial charge in [-0.2, -0.15) is 0 Å². The zero-order chi connectivity index (χ0) is 38.7. The van der Waals surface area contributed by atoms with Gasteiger partial charge in [0.2, 0.25) is 11.8 Å². The van der Waals surface area contributed by atoms with Gasteiger partial charge in [-0.3, -0.25) is 28.8 Å². The highest BCUT2D eigenvalue weighted by atomic mass is 32.1. The molecule has 5 atom stereocenters. The van der Waals surface area contributed by atoms with Crippen LogP contribution >= 0.6 is 11.3 Å². The molecular formula is C36H48F2N4O9S. The number of nitrogens with one attached hydrogen (secondary N) is 3. The van der Waals surface area contributed by atoms with Crippen LogP contribution in [0.4, 0.5) is 8.78 Å². The van der Waals surface area contributed by atoms with Gasteiger partial charge in [-0.05, 0) is 74.3 Å². The maximum Gasteiger partial charge on any atom is 0.306 e. The summed E-state index contributed by atoms with van der Waals surface area (Å²) >= 11 is 0.946. The second kappa shape index (κ2) is 19.4. The molecule has 1 fully saturated rings. The molecule has 6 N–H and O–H groups in total. The van der Waals surface area contributed by atoms with E-state index in [1.54, 1.807) is 18.7 Å². The summed E-state index contributed by atoms with van der Waals surface area (Å²) in [6.07, 6.45) is -1.06. The van der Waals surface area contributed by atoms with Crippen LogP contribution in [0.15, 0.2) is 30.3 Å². The summed E-state index contributed by atoms with van der Waals surface area (Å²) in [6.45, 7) is 8.28. The van der Waals surface area contributed by atoms with Gasteiger partial charge in [0.1, 0.15) is 17.7 Å². The molecule has 13 nitrogen and oxygen atoms in total. The van der Waals surface area contributed by atoms with Gasteiger partial charge in [0.15, 0.2) is 0 Å². The Labute approximate surface area is 305 Å². The Morgan fingerprint density at radius 1 is 0.865 bits per heavy atom. The number of carboxylic acid groups (broad SMARTS) is 2. The number of carbonyl (C=O) groups is 6. The third-order valence-corrected chi connectivity index (χ3v) is 9.96. The molecule has 1 aliphatic carbocycles. The summed E-state index contributed by atoms with van der Waals surface area (Å²) in [6, 6.07) is 2.54. The van der Waals surface area contributed by atoms with E-state index < -0.39 is 89.7 Å². The van der Waals surface area contributed by atoms with E-state index in [9.17, 15) is 52.9 Å². The Kier molecular flexibility index (Phi) is 15.7. The lowest BCUT2D eigenvalue weighted by molar-refractivity contribution is -0.149. The number of hydrogen-bond acceptors (Lipinski definition) is 8. The number of amides is 4. The monoisotopic (exact) mass is 750 g/mol. The number of rotatable bonds is 18. The van der Waals surface area contributed by atoms with E-state index in [2.05, 4.69) is 16.0 Å². The number of aliphatic hydroxyl groups excluding tert-OH is 1. The lowest BCUT2D eigenvalue weighted by atomic mass is 9.78. The molecule has 3 rings (SSSR count). The standard InChI is InChI=1S/C36H48F2N4O9S/c1-5-9-42(10-6-2)34(47)29-8-7-28(52-29)32(45)40-26(13-20-11-23(37)17-24(38)12-20)27(43)18-30(44)41-31(19(3)4)33(46)39-25-15-21(35(48)49)14-22(16-25)36(50)51/h7-8,11-12,17,19,21-22,25-27,31,43H,5-6,9-10,13-16,18H2,1-4H3,(H,39,46)(H,40,45)(H,41,44)(H,48,49)(H,50,51)/t21?,22?,25?,26-,27+,31-/m0/s1. The largest absolute Gasteiger partial charge is 0.481 e. The Hall–Kier alpha value is -4.44. The Morgan fingerprint density at radius 3 is 1.94 bits per heavy atom. The molecule has 16 heteroatoms. The summed E-state index contributed by atoms with van der Waals surface area (Å²) in [5, 5.41) is 38.1. The van der Waals surface area contributed by atoms with E-state index in [0.29, 0.717) is 24.0 Å². The normalized spacial score (nSPS) is 18.9. The van der Waals surface area contributed by atoms with Crippen LogP contribution in [0.25, 0.3) is 0 Å². The minimum absolute atomic E-state index is 0.0139. The maximum absolute atomic E-state index is 14.1. The lowest BCUT2D eigenvalue weighted by Crippen LogP contribution is -2.54. The number of hydrogen-bond donors (Lipinski definition) is 6. The molecule has 4 amide bonds. The van der Waals surface area contributed by atoms with Crippen LogP contribution in [0, 0.1) is 29.4 Å². The molecule has 2 unspecified atom stereocenters. The molecule has 1 saturated carbocycles. The molecule has 1 aromatic heterocycles. The first-order valence-electron chi connectivity index (χ1n) is 17.4. The van der Waals surface area contributed by atoms with Crippen LogP contribution in [0.2, 0.25) is 0 Å². The van der Waals surface area contributed by atoms with Crippen molar-refractivity contribution in [2.24, 2.45) is 17.8 Å². The van der Waals surface area contributed by atoms with E-state index in [-0.39, 0.29) is 42.0 Å². The predicted octanol–water partition coefficient (Wildman–Crippen LogP) is 3.59. The van der Waals surface area contributed by atoms with Crippen LogP contribution in [-0.2, 0) is 25.6 Å². The maximum atomic E-state index is 14.1. The SMILES string of the molecule is CCCN(CCC)C(=O)c1ccc(C(=O)N[C@@H](Cc2cc(F)cc(F)c2)[C@H](O)CC(=O)N[C@H](C(=O)NC2CC(C(=O)O)CC(C(=O)O)C2)C(C)C)s1. The molecule has 0 bridgehead atoms. The number of benzene rings is 1. The third-order valence-electron chi connectivity index (χ3n) is 8.89. The zero-order valence-corrected chi connectivity index (χ0v) is 30.5. The van der Waals surface area contributed by atoms with Crippen molar-refractivity contribution in [1.29, 1.82) is 0 Å². The average Bonchev–Trinajstić information content (AvgIpc) is 3.56. The molecular weight excluding hydrogens is 702 g/mol. The highest BCUT2D eigenvalue weighted by molar-refractivity contribution is 7.15. The Morgan fingerprint density at radius 2 is 1.42 bits per heavy atom. The molecule has 1 aromatic carbocycles. The summed E-state index contributed by atoms with van der Waals surface area (Å²) in [5.74, 6) is -8.92. The van der Waals surface area contributed by atoms with Crippen molar-refractivity contribution >= 4 is 46.9 Å². The molecule has 1 heterocycles. The van der Waals surface area contributed by atoms with Crippen LogP contribution in [0.5, 0.6) is 0 Å². The number of halogens is 2. The molecule has 286 valence electrons. The van der Waals surface area contributed by atoms with Crippen molar-refractivity contribution < 1.29 is 52.9 Å². The van der Waals surface area contributed by atoms with Gasteiger partial charge in [-0.1, -0.05) is 27.7 Å². The van der Waals surface area contributed by atoms with E-state index in [1.807, 2.05) is 13.8 Å². The minimum atomic E-state index is -1.61. The predicted molar refractivity (Wildman–Crippen MR) is 188 cm³/mol.